The highest BCUT2D eigenvalue weighted by molar-refractivity contribution is 6.30. The van der Waals surface area contributed by atoms with E-state index >= 15 is 0 Å². The number of nitrogens with one attached hydrogen (secondary N) is 1. The first-order valence-electron chi connectivity index (χ1n) is 5.17. The van der Waals surface area contributed by atoms with Gasteiger partial charge in [-0.1, -0.05) is 44.0 Å². The molecule has 0 aliphatic carbocycles. The van der Waals surface area contributed by atoms with Gasteiger partial charge in [0.2, 0.25) is 0 Å². The highest BCUT2D eigenvalue weighted by Gasteiger charge is 1.98. The Kier molecular flexibility index (Phi) is 4.99. The fourth-order valence-corrected chi connectivity index (χ4v) is 1.47. The van der Waals surface area contributed by atoms with Crippen LogP contribution in [0.25, 0.3) is 0 Å². The van der Waals surface area contributed by atoms with Crippen LogP contribution in [-0.2, 0) is 6.54 Å². The van der Waals surface area contributed by atoms with E-state index in [1.54, 1.807) is 0 Å². The summed E-state index contributed by atoms with van der Waals surface area (Å²) < 4.78 is 0. The Morgan fingerprint density at radius 3 is 2.86 bits per heavy atom. The number of halogens is 1. The van der Waals surface area contributed by atoms with Crippen molar-refractivity contribution in [1.29, 1.82) is 0 Å². The minimum Gasteiger partial charge on any atom is -0.312 e. The molecule has 1 N–H and O–H groups in total. The maximum Gasteiger partial charge on any atom is 0.0409 e. The summed E-state index contributed by atoms with van der Waals surface area (Å²) in [7, 11) is 0. The lowest BCUT2D eigenvalue weighted by Crippen LogP contribution is -2.20. The maximum atomic E-state index is 5.89. The zero-order valence-corrected chi connectivity index (χ0v) is 9.64. The fourth-order valence-electron chi connectivity index (χ4n) is 1.25. The Bertz CT molecular complexity index is 273. The molecule has 14 heavy (non-hydrogen) atoms. The third kappa shape index (κ3) is 4.12. The molecule has 1 rings (SSSR count). The number of hydrogen-bond acceptors (Lipinski definition) is 1. The Labute approximate surface area is 91.5 Å². The van der Waals surface area contributed by atoms with E-state index in [-0.39, 0.29) is 0 Å². The van der Waals surface area contributed by atoms with Gasteiger partial charge in [0.05, 0.1) is 0 Å². The Morgan fingerprint density at radius 1 is 1.43 bits per heavy atom. The molecule has 1 aromatic carbocycles. The molecule has 1 nitrogen and oxygen atoms in total. The van der Waals surface area contributed by atoms with Gasteiger partial charge < -0.3 is 5.32 Å². The largest absolute Gasteiger partial charge is 0.312 e. The highest BCUT2D eigenvalue weighted by atomic mass is 35.5. The average Bonchev–Trinajstić information content (AvgIpc) is 2.17. The van der Waals surface area contributed by atoms with E-state index in [9.17, 15) is 0 Å². The van der Waals surface area contributed by atoms with E-state index in [0.717, 1.165) is 24.0 Å². The van der Waals surface area contributed by atoms with Gasteiger partial charge in [-0.25, -0.2) is 0 Å². The Hall–Kier alpha value is -0.530. The first-order chi connectivity index (χ1) is 6.72. The van der Waals surface area contributed by atoms with Crippen LogP contribution in [0.5, 0.6) is 0 Å². The number of rotatable bonds is 5. The second-order valence-corrected chi connectivity index (χ2v) is 4.21. The van der Waals surface area contributed by atoms with E-state index in [2.05, 4.69) is 25.2 Å². The lowest BCUT2D eigenvalue weighted by atomic mass is 10.1. The van der Waals surface area contributed by atoms with Crippen LogP contribution in [0.1, 0.15) is 25.8 Å². The normalized spacial score (nSPS) is 12.8. The summed E-state index contributed by atoms with van der Waals surface area (Å²) in [5, 5.41) is 4.23. The van der Waals surface area contributed by atoms with Gasteiger partial charge in [-0.2, -0.15) is 0 Å². The Morgan fingerprint density at radius 2 is 2.21 bits per heavy atom. The van der Waals surface area contributed by atoms with Crippen molar-refractivity contribution in [2.75, 3.05) is 6.54 Å². The first-order valence-corrected chi connectivity index (χ1v) is 5.55. The zero-order valence-electron chi connectivity index (χ0n) is 8.89. The fraction of sp³-hybridized carbons (Fsp3) is 0.500. The van der Waals surface area contributed by atoms with Crippen LogP contribution in [0.2, 0.25) is 5.02 Å². The summed E-state index contributed by atoms with van der Waals surface area (Å²) in [6, 6.07) is 7.99. The lowest BCUT2D eigenvalue weighted by Gasteiger charge is -2.09. The summed E-state index contributed by atoms with van der Waals surface area (Å²) in [5.41, 5.74) is 1.25. The minimum atomic E-state index is 0.745. The molecule has 0 saturated heterocycles. The SMILES string of the molecule is CC[C@@H](C)CNCc1cccc(Cl)c1. The van der Waals surface area contributed by atoms with Crippen molar-refractivity contribution in [2.45, 2.75) is 26.8 Å². The van der Waals surface area contributed by atoms with Crippen molar-refractivity contribution >= 4 is 11.6 Å². The lowest BCUT2D eigenvalue weighted by molar-refractivity contribution is 0.500. The molecule has 0 aromatic heterocycles. The second-order valence-electron chi connectivity index (χ2n) is 3.77. The summed E-state index contributed by atoms with van der Waals surface area (Å²) in [4.78, 5) is 0. The van der Waals surface area contributed by atoms with Gasteiger partial charge in [0.15, 0.2) is 0 Å². The third-order valence-electron chi connectivity index (χ3n) is 2.41. The molecule has 78 valence electrons. The van der Waals surface area contributed by atoms with Gasteiger partial charge in [0, 0.05) is 11.6 Å². The van der Waals surface area contributed by atoms with Crippen molar-refractivity contribution in [3.05, 3.63) is 34.9 Å². The van der Waals surface area contributed by atoms with Crippen LogP contribution in [0, 0.1) is 5.92 Å². The van der Waals surface area contributed by atoms with Gasteiger partial charge in [-0.05, 0) is 30.2 Å². The number of benzene rings is 1. The topological polar surface area (TPSA) is 12.0 Å². The summed E-state index contributed by atoms with van der Waals surface area (Å²) in [5.74, 6) is 0.745. The molecule has 0 radical (unpaired) electrons. The van der Waals surface area contributed by atoms with Gasteiger partial charge >= 0.3 is 0 Å². The molecular weight excluding hydrogens is 194 g/mol. The molecule has 0 saturated carbocycles. The van der Waals surface area contributed by atoms with Gasteiger partial charge in [0.25, 0.3) is 0 Å². The molecule has 0 fully saturated rings. The molecule has 0 aliphatic heterocycles. The van der Waals surface area contributed by atoms with Crippen LogP contribution in [0.15, 0.2) is 24.3 Å². The average molecular weight is 212 g/mol. The van der Waals surface area contributed by atoms with E-state index in [0.29, 0.717) is 0 Å². The van der Waals surface area contributed by atoms with Crippen LogP contribution >= 0.6 is 11.6 Å². The molecule has 0 bridgehead atoms. The second kappa shape index (κ2) is 6.05. The number of hydrogen-bond donors (Lipinski definition) is 1. The van der Waals surface area contributed by atoms with Crippen LogP contribution in [0.3, 0.4) is 0 Å². The highest BCUT2D eigenvalue weighted by Crippen LogP contribution is 2.10. The quantitative estimate of drug-likeness (QED) is 0.787. The van der Waals surface area contributed by atoms with Crippen LogP contribution < -0.4 is 5.32 Å². The van der Waals surface area contributed by atoms with Gasteiger partial charge in [-0.15, -0.1) is 0 Å². The monoisotopic (exact) mass is 211 g/mol. The van der Waals surface area contributed by atoms with E-state index in [1.165, 1.54) is 12.0 Å². The van der Waals surface area contributed by atoms with Crippen LogP contribution in [-0.4, -0.2) is 6.54 Å². The zero-order chi connectivity index (χ0) is 10.4. The van der Waals surface area contributed by atoms with Crippen LogP contribution in [0.4, 0.5) is 0 Å². The smallest absolute Gasteiger partial charge is 0.0409 e. The molecule has 0 aliphatic rings. The molecular formula is C12H18ClN. The Balaban J connectivity index is 2.31. The molecule has 2 heteroatoms. The van der Waals surface area contributed by atoms with Crippen molar-refractivity contribution < 1.29 is 0 Å². The van der Waals surface area contributed by atoms with Crippen molar-refractivity contribution in [2.24, 2.45) is 5.92 Å². The molecule has 0 spiro atoms. The summed E-state index contributed by atoms with van der Waals surface area (Å²) in [6.45, 7) is 6.45. The summed E-state index contributed by atoms with van der Waals surface area (Å²) in [6.07, 6.45) is 1.22. The maximum absolute atomic E-state index is 5.89. The van der Waals surface area contributed by atoms with Crippen molar-refractivity contribution in [1.82, 2.24) is 5.32 Å². The first kappa shape index (κ1) is 11.5. The van der Waals surface area contributed by atoms with Gasteiger partial charge in [0.1, 0.15) is 0 Å². The van der Waals surface area contributed by atoms with Crippen molar-refractivity contribution in [3.63, 3.8) is 0 Å². The molecule has 1 atom stereocenters. The van der Waals surface area contributed by atoms with Crippen molar-refractivity contribution in [3.8, 4) is 0 Å². The standard InChI is InChI=1S/C12H18ClN/c1-3-10(2)8-14-9-11-5-4-6-12(13)7-11/h4-7,10,14H,3,8-9H2,1-2H3/t10-/m1/s1. The summed E-state index contributed by atoms with van der Waals surface area (Å²) >= 11 is 5.89. The molecule has 0 amide bonds. The van der Waals surface area contributed by atoms with E-state index in [4.69, 9.17) is 11.6 Å². The predicted molar refractivity (Wildman–Crippen MR) is 62.6 cm³/mol. The third-order valence-corrected chi connectivity index (χ3v) is 2.64. The molecule has 1 aromatic rings. The van der Waals surface area contributed by atoms with E-state index < -0.39 is 0 Å². The predicted octanol–water partition coefficient (Wildman–Crippen LogP) is 3.48. The minimum absolute atomic E-state index is 0.745. The van der Waals surface area contributed by atoms with E-state index in [1.807, 2.05) is 18.2 Å². The molecule has 0 heterocycles. The van der Waals surface area contributed by atoms with Gasteiger partial charge in [-0.3, -0.25) is 0 Å². The molecule has 0 unspecified atom stereocenters.